The number of pyridine rings is 1. The van der Waals surface area contributed by atoms with Gasteiger partial charge in [0.15, 0.2) is 6.23 Å². The Morgan fingerprint density at radius 2 is 2.10 bits per heavy atom. The van der Waals surface area contributed by atoms with Crippen LogP contribution < -0.4 is 5.48 Å². The summed E-state index contributed by atoms with van der Waals surface area (Å²) < 4.78 is 7.01. The third kappa shape index (κ3) is 1.86. The molecule has 0 aromatic carbocycles. The maximum Gasteiger partial charge on any atom is 0.164 e. The second-order valence-electron chi connectivity index (χ2n) is 4.66. The minimum atomic E-state index is -1.17. The van der Waals surface area contributed by atoms with Crippen molar-refractivity contribution in [3.05, 3.63) is 24.5 Å². The minimum absolute atomic E-state index is 0.384. The zero-order chi connectivity index (χ0) is 14.3. The molecular formula is C12H15N3O5. The Hall–Kier alpha value is -1.71. The molecule has 8 heteroatoms. The molecule has 1 fully saturated rings. The number of ether oxygens (including phenoxy) is 1. The Morgan fingerprint density at radius 1 is 1.30 bits per heavy atom. The van der Waals surface area contributed by atoms with Gasteiger partial charge in [0.2, 0.25) is 0 Å². The summed E-state index contributed by atoms with van der Waals surface area (Å²) in [5, 5.41) is 38.6. The zero-order valence-corrected chi connectivity index (χ0v) is 10.4. The van der Waals surface area contributed by atoms with E-state index in [0.29, 0.717) is 16.7 Å². The molecule has 3 rings (SSSR count). The first-order valence-electron chi connectivity index (χ1n) is 6.15. The second kappa shape index (κ2) is 5.00. The Bertz CT molecular complexity index is 616. The SMILES string of the molecule is OC[C@H]1O[C@@H](n2ccc3c(NO)ccnc32)[C@H](O)[C@@H]1O. The molecule has 3 heterocycles. The van der Waals surface area contributed by atoms with E-state index in [9.17, 15) is 10.2 Å². The molecule has 0 spiro atoms. The van der Waals surface area contributed by atoms with E-state index in [1.54, 1.807) is 22.9 Å². The van der Waals surface area contributed by atoms with Crippen LogP contribution in [0.5, 0.6) is 0 Å². The molecule has 20 heavy (non-hydrogen) atoms. The second-order valence-corrected chi connectivity index (χ2v) is 4.66. The summed E-state index contributed by atoms with van der Waals surface area (Å²) in [7, 11) is 0. The average molecular weight is 281 g/mol. The largest absolute Gasteiger partial charge is 0.394 e. The van der Waals surface area contributed by atoms with Gasteiger partial charge in [-0.2, -0.15) is 0 Å². The third-order valence-corrected chi connectivity index (χ3v) is 3.53. The van der Waals surface area contributed by atoms with E-state index >= 15 is 0 Å². The van der Waals surface area contributed by atoms with E-state index in [-0.39, 0.29) is 6.61 Å². The third-order valence-electron chi connectivity index (χ3n) is 3.53. The van der Waals surface area contributed by atoms with Crippen LogP contribution in [0.25, 0.3) is 11.0 Å². The molecule has 0 unspecified atom stereocenters. The Labute approximate surface area is 113 Å². The molecule has 5 N–H and O–H groups in total. The number of aliphatic hydroxyl groups is 3. The fourth-order valence-electron chi connectivity index (χ4n) is 2.47. The number of aliphatic hydroxyl groups excluding tert-OH is 3. The molecule has 4 atom stereocenters. The molecule has 0 saturated carbocycles. The number of aromatic nitrogens is 2. The first kappa shape index (κ1) is 13.3. The van der Waals surface area contributed by atoms with Crippen LogP contribution in [0.3, 0.4) is 0 Å². The lowest BCUT2D eigenvalue weighted by Crippen LogP contribution is -2.33. The number of rotatable bonds is 3. The van der Waals surface area contributed by atoms with E-state index < -0.39 is 24.5 Å². The van der Waals surface area contributed by atoms with E-state index in [1.165, 1.54) is 6.20 Å². The highest BCUT2D eigenvalue weighted by Gasteiger charge is 2.43. The van der Waals surface area contributed by atoms with Crippen molar-refractivity contribution in [1.29, 1.82) is 0 Å². The van der Waals surface area contributed by atoms with Gasteiger partial charge in [0, 0.05) is 17.8 Å². The Morgan fingerprint density at radius 3 is 2.75 bits per heavy atom. The zero-order valence-electron chi connectivity index (χ0n) is 10.4. The fraction of sp³-hybridized carbons (Fsp3) is 0.417. The number of hydrogen-bond acceptors (Lipinski definition) is 7. The van der Waals surface area contributed by atoms with Crippen LogP contribution in [0.1, 0.15) is 6.23 Å². The molecule has 108 valence electrons. The average Bonchev–Trinajstić information content (AvgIpc) is 3.01. The highest BCUT2D eigenvalue weighted by atomic mass is 16.6. The van der Waals surface area contributed by atoms with Crippen molar-refractivity contribution in [3.63, 3.8) is 0 Å². The quantitative estimate of drug-likeness (QED) is 0.479. The molecule has 0 bridgehead atoms. The van der Waals surface area contributed by atoms with Crippen molar-refractivity contribution >= 4 is 16.7 Å². The molecule has 1 aliphatic heterocycles. The van der Waals surface area contributed by atoms with Crippen LogP contribution in [0.4, 0.5) is 5.69 Å². The molecule has 0 amide bonds. The van der Waals surface area contributed by atoms with Crippen molar-refractivity contribution in [1.82, 2.24) is 9.55 Å². The van der Waals surface area contributed by atoms with Gasteiger partial charge < -0.3 is 24.6 Å². The number of nitrogens with one attached hydrogen (secondary N) is 1. The molecule has 2 aromatic heterocycles. The summed E-state index contributed by atoms with van der Waals surface area (Å²) in [5.41, 5.74) is 3.03. The molecule has 1 saturated heterocycles. The van der Waals surface area contributed by atoms with Crippen LogP contribution in [-0.4, -0.2) is 55.0 Å². The van der Waals surface area contributed by atoms with E-state index in [2.05, 4.69) is 10.5 Å². The van der Waals surface area contributed by atoms with Gasteiger partial charge in [-0.15, -0.1) is 0 Å². The van der Waals surface area contributed by atoms with Gasteiger partial charge in [0.25, 0.3) is 0 Å². The Kier molecular flexibility index (Phi) is 3.32. The van der Waals surface area contributed by atoms with Crippen molar-refractivity contribution < 1.29 is 25.3 Å². The predicted molar refractivity (Wildman–Crippen MR) is 68.2 cm³/mol. The lowest BCUT2D eigenvalue weighted by Gasteiger charge is -2.17. The Balaban J connectivity index is 2.03. The fourth-order valence-corrected chi connectivity index (χ4v) is 2.47. The van der Waals surface area contributed by atoms with Crippen molar-refractivity contribution in [2.75, 3.05) is 12.1 Å². The summed E-state index contributed by atoms with van der Waals surface area (Å²) in [4.78, 5) is 4.18. The highest BCUT2D eigenvalue weighted by molar-refractivity contribution is 5.89. The number of anilines is 1. The van der Waals surface area contributed by atoms with Gasteiger partial charge >= 0.3 is 0 Å². The number of hydrogen-bond donors (Lipinski definition) is 5. The van der Waals surface area contributed by atoms with E-state index in [4.69, 9.17) is 15.1 Å². The summed E-state index contributed by atoms with van der Waals surface area (Å²) in [6.45, 7) is -0.384. The minimum Gasteiger partial charge on any atom is -0.394 e. The van der Waals surface area contributed by atoms with Crippen molar-refractivity contribution in [2.45, 2.75) is 24.5 Å². The van der Waals surface area contributed by atoms with E-state index in [1.807, 2.05) is 0 Å². The van der Waals surface area contributed by atoms with E-state index in [0.717, 1.165) is 0 Å². The van der Waals surface area contributed by atoms with Gasteiger partial charge in [-0.05, 0) is 12.1 Å². The summed E-state index contributed by atoms with van der Waals surface area (Å²) in [5.74, 6) is 0. The first-order chi connectivity index (χ1) is 9.67. The van der Waals surface area contributed by atoms with Gasteiger partial charge in [0.1, 0.15) is 24.0 Å². The van der Waals surface area contributed by atoms with Crippen LogP contribution in [0.2, 0.25) is 0 Å². The maximum absolute atomic E-state index is 10.0. The van der Waals surface area contributed by atoms with Crippen LogP contribution in [0, 0.1) is 0 Å². The van der Waals surface area contributed by atoms with Crippen molar-refractivity contribution in [3.8, 4) is 0 Å². The standard InChI is InChI=1S/C12H15N3O5/c16-5-8-9(17)10(18)12(20-8)15-4-2-6-7(14-19)1-3-13-11(6)15/h1-4,8-10,12,16-19H,5H2,(H,13,14)/t8-,9-,10-,12-/m1/s1. The monoisotopic (exact) mass is 281 g/mol. The first-order valence-corrected chi connectivity index (χ1v) is 6.15. The van der Waals surface area contributed by atoms with Crippen LogP contribution in [0.15, 0.2) is 24.5 Å². The van der Waals surface area contributed by atoms with Crippen molar-refractivity contribution in [2.24, 2.45) is 0 Å². The lowest BCUT2D eigenvalue weighted by atomic mass is 10.1. The molecule has 2 aromatic rings. The number of nitrogens with zero attached hydrogens (tertiary/aromatic N) is 2. The summed E-state index contributed by atoms with van der Waals surface area (Å²) >= 11 is 0. The molecule has 0 radical (unpaired) electrons. The molecule has 0 aliphatic carbocycles. The molecule has 8 nitrogen and oxygen atoms in total. The van der Waals surface area contributed by atoms with Gasteiger partial charge in [-0.25, -0.2) is 4.98 Å². The molecule has 1 aliphatic rings. The van der Waals surface area contributed by atoms with Gasteiger partial charge in [-0.1, -0.05) is 0 Å². The number of fused-ring (bicyclic) bond motifs is 1. The van der Waals surface area contributed by atoms with Gasteiger partial charge in [-0.3, -0.25) is 10.7 Å². The summed E-state index contributed by atoms with van der Waals surface area (Å²) in [6.07, 6.45) is -0.887. The van der Waals surface area contributed by atoms with Gasteiger partial charge in [0.05, 0.1) is 12.3 Å². The van der Waals surface area contributed by atoms with Crippen LogP contribution in [-0.2, 0) is 4.74 Å². The predicted octanol–water partition coefficient (Wildman–Crippen LogP) is -0.551. The normalized spacial score (nSPS) is 30.0. The lowest BCUT2D eigenvalue weighted by molar-refractivity contribution is -0.0508. The summed E-state index contributed by atoms with van der Waals surface area (Å²) in [6, 6.07) is 3.31. The maximum atomic E-state index is 10.0. The molecular weight excluding hydrogens is 266 g/mol. The highest BCUT2D eigenvalue weighted by Crippen LogP contribution is 2.33. The van der Waals surface area contributed by atoms with Crippen LogP contribution >= 0.6 is 0 Å². The smallest absolute Gasteiger partial charge is 0.164 e. The topological polar surface area (TPSA) is 120 Å².